The number of unbranched alkanes of at least 4 members (excludes halogenated alkanes) is 1. The Hall–Kier alpha value is -0.570. The molecule has 0 bridgehead atoms. The van der Waals surface area contributed by atoms with Crippen LogP contribution in [0.15, 0.2) is 0 Å². The van der Waals surface area contributed by atoms with E-state index in [2.05, 4.69) is 18.7 Å². The molecule has 0 unspecified atom stereocenters. The van der Waals surface area contributed by atoms with Crippen molar-refractivity contribution in [2.45, 2.75) is 64.8 Å². The summed E-state index contributed by atoms with van der Waals surface area (Å²) in [6, 6.07) is 0.766. The predicted molar refractivity (Wildman–Crippen MR) is 70.2 cm³/mol. The van der Waals surface area contributed by atoms with Crippen LogP contribution in [0.2, 0.25) is 0 Å². The van der Waals surface area contributed by atoms with Crippen LogP contribution in [0.25, 0.3) is 0 Å². The van der Waals surface area contributed by atoms with Crippen molar-refractivity contribution in [3.05, 3.63) is 0 Å². The number of carbonyl (C=O) groups is 1. The van der Waals surface area contributed by atoms with Crippen LogP contribution in [-0.4, -0.2) is 35.1 Å². The fourth-order valence-corrected chi connectivity index (χ4v) is 2.75. The minimum atomic E-state index is -0.665. The van der Waals surface area contributed by atoms with Crippen LogP contribution < -0.4 is 0 Å². The molecular weight excluding hydrogens is 214 g/mol. The highest BCUT2D eigenvalue weighted by Gasteiger charge is 2.22. The van der Waals surface area contributed by atoms with Crippen molar-refractivity contribution in [3.63, 3.8) is 0 Å². The summed E-state index contributed by atoms with van der Waals surface area (Å²) in [7, 11) is 0. The second-order valence-electron chi connectivity index (χ2n) is 5.68. The summed E-state index contributed by atoms with van der Waals surface area (Å²) >= 11 is 0. The summed E-state index contributed by atoms with van der Waals surface area (Å²) in [5.74, 6) is 0.0383. The Bertz CT molecular complexity index is 222. The van der Waals surface area contributed by atoms with Crippen molar-refractivity contribution in [1.29, 1.82) is 0 Å². The van der Waals surface area contributed by atoms with E-state index in [1.165, 1.54) is 25.7 Å². The molecule has 1 fully saturated rings. The van der Waals surface area contributed by atoms with Gasteiger partial charge in [-0.15, -0.1) is 0 Å². The molecule has 1 N–H and O–H groups in total. The quantitative estimate of drug-likeness (QED) is 0.664. The van der Waals surface area contributed by atoms with Crippen LogP contribution in [0.3, 0.4) is 0 Å². The Kier molecular flexibility index (Phi) is 6.56. The molecule has 1 aliphatic rings. The molecule has 1 saturated carbocycles. The third-order valence-electron chi connectivity index (χ3n) is 3.53. The lowest BCUT2D eigenvalue weighted by atomic mass is 10.1. The van der Waals surface area contributed by atoms with Crippen LogP contribution in [0.5, 0.6) is 0 Å². The van der Waals surface area contributed by atoms with E-state index in [1.807, 2.05) is 0 Å². The summed E-state index contributed by atoms with van der Waals surface area (Å²) in [5, 5.41) is 8.62. The Balaban J connectivity index is 2.27. The van der Waals surface area contributed by atoms with E-state index in [0.717, 1.165) is 32.0 Å². The third-order valence-corrected chi connectivity index (χ3v) is 3.53. The van der Waals surface area contributed by atoms with Gasteiger partial charge in [-0.3, -0.25) is 4.79 Å². The summed E-state index contributed by atoms with van der Waals surface area (Å²) in [6.45, 7) is 6.77. The van der Waals surface area contributed by atoms with Gasteiger partial charge in [-0.1, -0.05) is 26.7 Å². The molecule has 0 aliphatic heterocycles. The first-order valence-electron chi connectivity index (χ1n) is 7.05. The van der Waals surface area contributed by atoms with E-state index in [1.54, 1.807) is 0 Å². The maximum absolute atomic E-state index is 10.5. The van der Waals surface area contributed by atoms with E-state index < -0.39 is 5.97 Å². The molecule has 0 heterocycles. The Morgan fingerprint density at radius 2 is 1.94 bits per heavy atom. The van der Waals surface area contributed by atoms with Crippen LogP contribution in [0.1, 0.15) is 58.8 Å². The normalized spacial score (nSPS) is 17.2. The molecule has 0 atom stereocenters. The van der Waals surface area contributed by atoms with Gasteiger partial charge in [0.15, 0.2) is 0 Å². The van der Waals surface area contributed by atoms with E-state index >= 15 is 0 Å². The highest BCUT2D eigenvalue weighted by molar-refractivity contribution is 5.66. The summed E-state index contributed by atoms with van der Waals surface area (Å²) in [4.78, 5) is 13.1. The number of carboxylic acid groups (broad SMARTS) is 1. The standard InChI is InChI=1S/C14H27NO2/c1-12(2)11-15(13-7-3-4-8-13)10-6-5-9-14(16)17/h12-13H,3-11H2,1-2H3,(H,16,17). The number of hydrogen-bond acceptors (Lipinski definition) is 2. The summed E-state index contributed by atoms with van der Waals surface area (Å²) in [6.07, 6.45) is 7.58. The van der Waals surface area contributed by atoms with Crippen LogP contribution in [-0.2, 0) is 4.79 Å². The van der Waals surface area contributed by atoms with E-state index in [9.17, 15) is 4.79 Å². The fourth-order valence-electron chi connectivity index (χ4n) is 2.75. The van der Waals surface area contributed by atoms with Crippen molar-refractivity contribution in [2.75, 3.05) is 13.1 Å². The van der Waals surface area contributed by atoms with Gasteiger partial charge in [0.2, 0.25) is 0 Å². The zero-order valence-electron chi connectivity index (χ0n) is 11.3. The minimum Gasteiger partial charge on any atom is -0.481 e. The number of rotatable bonds is 8. The Labute approximate surface area is 105 Å². The van der Waals surface area contributed by atoms with Crippen LogP contribution >= 0.6 is 0 Å². The lowest BCUT2D eigenvalue weighted by Gasteiger charge is -2.30. The van der Waals surface area contributed by atoms with Gasteiger partial charge in [-0.25, -0.2) is 0 Å². The monoisotopic (exact) mass is 241 g/mol. The lowest BCUT2D eigenvalue weighted by Crippen LogP contribution is -2.37. The number of carboxylic acids is 1. The van der Waals surface area contributed by atoms with Gasteiger partial charge in [0.25, 0.3) is 0 Å². The van der Waals surface area contributed by atoms with Gasteiger partial charge in [-0.05, 0) is 38.1 Å². The Morgan fingerprint density at radius 1 is 1.29 bits per heavy atom. The highest BCUT2D eigenvalue weighted by Crippen LogP contribution is 2.24. The van der Waals surface area contributed by atoms with Crippen molar-refractivity contribution < 1.29 is 9.90 Å². The Morgan fingerprint density at radius 3 is 2.47 bits per heavy atom. The zero-order valence-corrected chi connectivity index (χ0v) is 11.3. The van der Waals surface area contributed by atoms with Gasteiger partial charge < -0.3 is 10.0 Å². The molecule has 0 aromatic carbocycles. The number of nitrogens with zero attached hydrogens (tertiary/aromatic N) is 1. The average Bonchev–Trinajstić information content (AvgIpc) is 2.74. The smallest absolute Gasteiger partial charge is 0.303 e. The molecule has 1 rings (SSSR count). The molecule has 1 aliphatic carbocycles. The first-order chi connectivity index (χ1) is 8.09. The lowest BCUT2D eigenvalue weighted by molar-refractivity contribution is -0.137. The average molecular weight is 241 g/mol. The first-order valence-corrected chi connectivity index (χ1v) is 7.05. The maximum Gasteiger partial charge on any atom is 0.303 e. The largest absolute Gasteiger partial charge is 0.481 e. The molecule has 17 heavy (non-hydrogen) atoms. The van der Waals surface area contributed by atoms with E-state index in [0.29, 0.717) is 12.3 Å². The maximum atomic E-state index is 10.5. The fraction of sp³-hybridized carbons (Fsp3) is 0.929. The molecule has 3 heteroatoms. The molecular formula is C14H27NO2. The van der Waals surface area contributed by atoms with E-state index in [-0.39, 0.29) is 0 Å². The summed E-state index contributed by atoms with van der Waals surface area (Å²) < 4.78 is 0. The van der Waals surface area contributed by atoms with Crippen molar-refractivity contribution in [2.24, 2.45) is 5.92 Å². The SMILES string of the molecule is CC(C)CN(CCCCC(=O)O)C1CCCC1. The van der Waals surface area contributed by atoms with E-state index in [4.69, 9.17) is 5.11 Å². The van der Waals surface area contributed by atoms with Crippen LogP contribution in [0.4, 0.5) is 0 Å². The molecule has 0 aromatic heterocycles. The molecule has 0 spiro atoms. The third kappa shape index (κ3) is 6.06. The van der Waals surface area contributed by atoms with Gasteiger partial charge >= 0.3 is 5.97 Å². The topological polar surface area (TPSA) is 40.5 Å². The molecule has 3 nitrogen and oxygen atoms in total. The molecule has 100 valence electrons. The number of aliphatic carboxylic acids is 1. The minimum absolute atomic E-state index is 0.320. The molecule has 0 amide bonds. The van der Waals surface area contributed by atoms with Crippen molar-refractivity contribution in [3.8, 4) is 0 Å². The summed E-state index contributed by atoms with van der Waals surface area (Å²) in [5.41, 5.74) is 0. The van der Waals surface area contributed by atoms with Crippen molar-refractivity contribution in [1.82, 2.24) is 4.90 Å². The van der Waals surface area contributed by atoms with Gasteiger partial charge in [-0.2, -0.15) is 0 Å². The van der Waals surface area contributed by atoms with Crippen molar-refractivity contribution >= 4 is 5.97 Å². The first kappa shape index (κ1) is 14.5. The molecule has 0 saturated heterocycles. The zero-order chi connectivity index (χ0) is 12.7. The second-order valence-corrected chi connectivity index (χ2v) is 5.68. The number of hydrogen-bond donors (Lipinski definition) is 1. The predicted octanol–water partition coefficient (Wildman–Crippen LogP) is 3.14. The molecule has 0 radical (unpaired) electrons. The molecule has 0 aromatic rings. The van der Waals surface area contributed by atoms with Gasteiger partial charge in [0, 0.05) is 19.0 Å². The van der Waals surface area contributed by atoms with Crippen LogP contribution in [0, 0.1) is 5.92 Å². The highest BCUT2D eigenvalue weighted by atomic mass is 16.4. The van der Waals surface area contributed by atoms with Gasteiger partial charge in [0.1, 0.15) is 0 Å². The second kappa shape index (κ2) is 7.70. The van der Waals surface area contributed by atoms with Gasteiger partial charge in [0.05, 0.1) is 0 Å².